The molecule has 0 aliphatic rings. The van der Waals surface area contributed by atoms with Crippen molar-refractivity contribution in [2.45, 2.75) is 24.9 Å². The molecule has 104 valence electrons. The minimum Gasteiger partial charge on any atom is -0.394 e. The number of rotatable bonds is 7. The predicted molar refractivity (Wildman–Crippen MR) is 70.9 cm³/mol. The maximum Gasteiger partial charge on any atom is 0.237 e. The molecule has 1 unspecified atom stereocenters. The van der Waals surface area contributed by atoms with Gasteiger partial charge in [-0.1, -0.05) is 30.3 Å². The largest absolute Gasteiger partial charge is 0.394 e. The molecule has 2 atom stereocenters. The standard InChI is InChI=1S/C13H19N3O3/c14-11(7-12(15)18)13(19)16-10(8-17)6-9-4-2-1-3-5-9/h1-5,10-11,17H,6-8,14H2,(H2,15,18)(H,16,19)/t10-,11?/m1/s1. The van der Waals surface area contributed by atoms with Crippen molar-refractivity contribution in [1.82, 2.24) is 5.32 Å². The quantitative estimate of drug-likeness (QED) is 0.501. The molecule has 1 aromatic carbocycles. The van der Waals surface area contributed by atoms with E-state index in [0.29, 0.717) is 6.42 Å². The van der Waals surface area contributed by atoms with Crippen molar-refractivity contribution in [3.63, 3.8) is 0 Å². The summed E-state index contributed by atoms with van der Waals surface area (Å²) in [5.74, 6) is -1.12. The second-order valence-corrected chi connectivity index (χ2v) is 4.35. The highest BCUT2D eigenvalue weighted by molar-refractivity contribution is 5.87. The van der Waals surface area contributed by atoms with E-state index in [2.05, 4.69) is 5.32 Å². The van der Waals surface area contributed by atoms with Crippen LogP contribution < -0.4 is 16.8 Å². The molecule has 0 fully saturated rings. The van der Waals surface area contributed by atoms with Crippen molar-refractivity contribution in [2.75, 3.05) is 6.61 Å². The number of carbonyl (C=O) groups excluding carboxylic acids is 2. The molecule has 0 saturated carbocycles. The highest BCUT2D eigenvalue weighted by Gasteiger charge is 2.19. The Morgan fingerprint density at radius 1 is 1.26 bits per heavy atom. The Hall–Kier alpha value is -1.92. The zero-order valence-corrected chi connectivity index (χ0v) is 10.6. The molecule has 0 bridgehead atoms. The zero-order valence-electron chi connectivity index (χ0n) is 10.6. The van der Waals surface area contributed by atoms with E-state index >= 15 is 0 Å². The molecule has 0 aromatic heterocycles. The van der Waals surface area contributed by atoms with Crippen LogP contribution in [0.15, 0.2) is 30.3 Å². The number of carbonyl (C=O) groups is 2. The number of primary amides is 1. The van der Waals surface area contributed by atoms with Crippen LogP contribution >= 0.6 is 0 Å². The molecule has 19 heavy (non-hydrogen) atoms. The zero-order chi connectivity index (χ0) is 14.3. The van der Waals surface area contributed by atoms with Gasteiger partial charge in [0.05, 0.1) is 25.1 Å². The normalized spacial score (nSPS) is 13.6. The number of hydrogen-bond acceptors (Lipinski definition) is 4. The van der Waals surface area contributed by atoms with Crippen LogP contribution in [0.25, 0.3) is 0 Å². The lowest BCUT2D eigenvalue weighted by Crippen LogP contribution is -2.48. The van der Waals surface area contributed by atoms with Gasteiger partial charge in [0.1, 0.15) is 0 Å². The van der Waals surface area contributed by atoms with Crippen LogP contribution in [0.5, 0.6) is 0 Å². The molecule has 0 aliphatic carbocycles. The first-order chi connectivity index (χ1) is 9.02. The third kappa shape index (κ3) is 5.50. The fraction of sp³-hybridized carbons (Fsp3) is 0.385. The number of aliphatic hydroxyl groups excluding tert-OH is 1. The van der Waals surface area contributed by atoms with Gasteiger partial charge in [-0.15, -0.1) is 0 Å². The van der Waals surface area contributed by atoms with Crippen LogP contribution in [0.2, 0.25) is 0 Å². The average molecular weight is 265 g/mol. The molecule has 0 saturated heterocycles. The number of hydrogen-bond donors (Lipinski definition) is 4. The fourth-order valence-electron chi connectivity index (χ4n) is 1.68. The van der Waals surface area contributed by atoms with Crippen LogP contribution in [-0.2, 0) is 16.0 Å². The second-order valence-electron chi connectivity index (χ2n) is 4.35. The Kier molecular flexibility index (Phi) is 5.98. The van der Waals surface area contributed by atoms with Gasteiger partial charge in [-0.25, -0.2) is 0 Å². The molecule has 0 radical (unpaired) electrons. The van der Waals surface area contributed by atoms with Gasteiger partial charge < -0.3 is 21.9 Å². The van der Waals surface area contributed by atoms with Gasteiger partial charge in [0, 0.05) is 0 Å². The Bertz CT molecular complexity index is 422. The summed E-state index contributed by atoms with van der Waals surface area (Å²) in [6, 6.07) is 8.03. The Balaban J connectivity index is 2.52. The Labute approximate surface area is 111 Å². The van der Waals surface area contributed by atoms with Crippen molar-refractivity contribution in [3.05, 3.63) is 35.9 Å². The van der Waals surface area contributed by atoms with Gasteiger partial charge in [-0.05, 0) is 12.0 Å². The molecule has 0 heterocycles. The summed E-state index contributed by atoms with van der Waals surface area (Å²) in [4.78, 5) is 22.4. The summed E-state index contributed by atoms with van der Waals surface area (Å²) in [6.07, 6.45) is 0.279. The summed E-state index contributed by atoms with van der Waals surface area (Å²) < 4.78 is 0. The third-order valence-electron chi connectivity index (χ3n) is 2.65. The van der Waals surface area contributed by atoms with Crippen LogP contribution in [0.3, 0.4) is 0 Å². The fourth-order valence-corrected chi connectivity index (χ4v) is 1.68. The maximum atomic E-state index is 11.7. The minimum atomic E-state index is -0.984. The number of nitrogens with two attached hydrogens (primary N) is 2. The minimum absolute atomic E-state index is 0.204. The molecular weight excluding hydrogens is 246 g/mol. The van der Waals surface area contributed by atoms with E-state index in [1.165, 1.54) is 0 Å². The van der Waals surface area contributed by atoms with Crippen LogP contribution in [-0.4, -0.2) is 35.6 Å². The Morgan fingerprint density at radius 3 is 2.42 bits per heavy atom. The molecule has 1 aromatic rings. The number of aliphatic hydroxyl groups is 1. The lowest BCUT2D eigenvalue weighted by molar-refractivity contribution is -0.127. The molecule has 6 heteroatoms. The van der Waals surface area contributed by atoms with E-state index in [4.69, 9.17) is 11.5 Å². The van der Waals surface area contributed by atoms with Gasteiger partial charge in [-0.2, -0.15) is 0 Å². The maximum absolute atomic E-state index is 11.7. The van der Waals surface area contributed by atoms with E-state index in [9.17, 15) is 14.7 Å². The summed E-state index contributed by atoms with van der Waals surface area (Å²) in [7, 11) is 0. The topological polar surface area (TPSA) is 118 Å². The molecule has 6 nitrogen and oxygen atoms in total. The molecule has 6 N–H and O–H groups in total. The van der Waals surface area contributed by atoms with Gasteiger partial charge in [0.15, 0.2) is 0 Å². The van der Waals surface area contributed by atoms with E-state index in [-0.39, 0.29) is 13.0 Å². The highest BCUT2D eigenvalue weighted by Crippen LogP contribution is 2.03. The van der Waals surface area contributed by atoms with Crippen molar-refractivity contribution in [2.24, 2.45) is 11.5 Å². The SMILES string of the molecule is NC(=O)CC(N)C(=O)N[C@@H](CO)Cc1ccccc1. The van der Waals surface area contributed by atoms with Gasteiger partial charge in [0.2, 0.25) is 11.8 Å². The van der Waals surface area contributed by atoms with Gasteiger partial charge in [0.25, 0.3) is 0 Å². The van der Waals surface area contributed by atoms with Crippen molar-refractivity contribution < 1.29 is 14.7 Å². The second kappa shape index (κ2) is 7.50. The summed E-state index contributed by atoms with van der Waals surface area (Å²) >= 11 is 0. The number of benzene rings is 1. The first-order valence-electron chi connectivity index (χ1n) is 6.02. The molecule has 0 aliphatic heterocycles. The lowest BCUT2D eigenvalue weighted by Gasteiger charge is -2.18. The first-order valence-corrected chi connectivity index (χ1v) is 6.02. The van der Waals surface area contributed by atoms with E-state index in [1.807, 2.05) is 30.3 Å². The molecular formula is C13H19N3O3. The average Bonchev–Trinajstić information content (AvgIpc) is 2.38. The monoisotopic (exact) mass is 265 g/mol. The lowest BCUT2D eigenvalue weighted by atomic mass is 10.1. The third-order valence-corrected chi connectivity index (χ3v) is 2.65. The van der Waals surface area contributed by atoms with Crippen molar-refractivity contribution in [3.8, 4) is 0 Å². The van der Waals surface area contributed by atoms with Crippen molar-refractivity contribution in [1.29, 1.82) is 0 Å². The van der Waals surface area contributed by atoms with Crippen LogP contribution in [0.1, 0.15) is 12.0 Å². The van der Waals surface area contributed by atoms with E-state index in [1.54, 1.807) is 0 Å². The predicted octanol–water partition coefficient (Wildman–Crippen LogP) is -1.09. The first kappa shape index (κ1) is 15.1. The van der Waals surface area contributed by atoms with Crippen LogP contribution in [0, 0.1) is 0 Å². The van der Waals surface area contributed by atoms with Gasteiger partial charge in [-0.3, -0.25) is 9.59 Å². The smallest absolute Gasteiger partial charge is 0.237 e. The number of amides is 2. The highest BCUT2D eigenvalue weighted by atomic mass is 16.3. The van der Waals surface area contributed by atoms with E-state index in [0.717, 1.165) is 5.56 Å². The number of nitrogens with one attached hydrogen (secondary N) is 1. The Morgan fingerprint density at radius 2 is 1.89 bits per heavy atom. The van der Waals surface area contributed by atoms with Crippen LogP contribution in [0.4, 0.5) is 0 Å². The molecule has 1 rings (SSSR count). The van der Waals surface area contributed by atoms with Crippen molar-refractivity contribution >= 4 is 11.8 Å². The summed E-state index contributed by atoms with van der Waals surface area (Å²) in [6.45, 7) is -0.204. The summed E-state index contributed by atoms with van der Waals surface area (Å²) in [5, 5.41) is 11.9. The summed E-state index contributed by atoms with van der Waals surface area (Å²) in [5.41, 5.74) is 11.5. The molecule has 2 amide bonds. The molecule has 0 spiro atoms. The van der Waals surface area contributed by atoms with Gasteiger partial charge >= 0.3 is 0 Å². The van der Waals surface area contributed by atoms with E-state index < -0.39 is 23.9 Å².